The smallest absolute Gasteiger partial charge is 0.0486 e. The first kappa shape index (κ1) is 17.3. The van der Waals surface area contributed by atoms with Crippen molar-refractivity contribution >= 4 is 10.9 Å². The molecule has 28 heavy (non-hydrogen) atoms. The third kappa shape index (κ3) is 3.36. The number of nitrogens with one attached hydrogen (secondary N) is 1. The molecule has 5 rings (SSSR count). The molecule has 0 atom stereocenters. The van der Waals surface area contributed by atoms with Crippen LogP contribution in [-0.2, 0) is 6.54 Å². The Hall–Kier alpha value is -2.84. The van der Waals surface area contributed by atoms with Crippen LogP contribution in [0.1, 0.15) is 29.9 Å². The summed E-state index contributed by atoms with van der Waals surface area (Å²) in [5.74, 6) is 0.674. The molecule has 0 amide bonds. The van der Waals surface area contributed by atoms with E-state index in [2.05, 4.69) is 94.9 Å². The molecule has 140 valence electrons. The summed E-state index contributed by atoms with van der Waals surface area (Å²) in [5, 5.41) is 4.92. The first-order valence-electron chi connectivity index (χ1n) is 10.3. The van der Waals surface area contributed by atoms with Crippen LogP contribution in [0.4, 0.5) is 0 Å². The van der Waals surface area contributed by atoms with Crippen molar-refractivity contribution in [3.05, 3.63) is 96.2 Å². The minimum Gasteiger partial charge on any atom is -0.343 e. The van der Waals surface area contributed by atoms with Gasteiger partial charge in [-0.1, -0.05) is 72.8 Å². The van der Waals surface area contributed by atoms with Crippen molar-refractivity contribution in [3.8, 4) is 11.1 Å². The van der Waals surface area contributed by atoms with Crippen LogP contribution in [0.15, 0.2) is 85.1 Å². The third-order valence-corrected chi connectivity index (χ3v) is 6.01. The van der Waals surface area contributed by atoms with E-state index in [1.165, 1.54) is 46.0 Å². The van der Waals surface area contributed by atoms with Crippen LogP contribution in [-0.4, -0.2) is 17.7 Å². The highest BCUT2D eigenvalue weighted by Gasteiger charge is 2.20. The molecule has 0 radical (unpaired) electrons. The maximum atomic E-state index is 3.49. The second kappa shape index (κ2) is 7.65. The number of rotatable bonds is 4. The molecule has 0 bridgehead atoms. The van der Waals surface area contributed by atoms with Gasteiger partial charge in [0.25, 0.3) is 0 Å². The van der Waals surface area contributed by atoms with E-state index in [-0.39, 0.29) is 0 Å². The molecular weight excluding hydrogens is 340 g/mol. The van der Waals surface area contributed by atoms with Gasteiger partial charge >= 0.3 is 0 Å². The van der Waals surface area contributed by atoms with Gasteiger partial charge in [-0.3, -0.25) is 0 Å². The topological polar surface area (TPSA) is 17.0 Å². The molecule has 4 aromatic rings. The molecule has 1 saturated heterocycles. The van der Waals surface area contributed by atoms with E-state index in [9.17, 15) is 0 Å². The predicted molar refractivity (Wildman–Crippen MR) is 118 cm³/mol. The van der Waals surface area contributed by atoms with Crippen molar-refractivity contribution in [2.75, 3.05) is 13.1 Å². The van der Waals surface area contributed by atoms with Crippen molar-refractivity contribution in [3.63, 3.8) is 0 Å². The van der Waals surface area contributed by atoms with Crippen molar-refractivity contribution < 1.29 is 0 Å². The van der Waals surface area contributed by atoms with Crippen LogP contribution in [0.5, 0.6) is 0 Å². The highest BCUT2D eigenvalue weighted by atomic mass is 15.0. The van der Waals surface area contributed by atoms with Gasteiger partial charge < -0.3 is 9.88 Å². The summed E-state index contributed by atoms with van der Waals surface area (Å²) in [7, 11) is 0. The molecule has 1 aliphatic heterocycles. The lowest BCUT2D eigenvalue weighted by Gasteiger charge is -2.22. The Balaban J connectivity index is 1.45. The Morgan fingerprint density at radius 3 is 2.21 bits per heavy atom. The standard InChI is InChI=1S/C26H26N2/c1-2-6-21(7-3-1)22-12-10-20(11-13-22)18-28-19-25(23-14-16-27-17-15-23)24-8-4-5-9-26(24)28/h1-13,19,23,27H,14-18H2. The summed E-state index contributed by atoms with van der Waals surface area (Å²) in [6.45, 7) is 3.18. The fourth-order valence-electron chi connectivity index (χ4n) is 4.49. The Bertz CT molecular complexity index is 1050. The van der Waals surface area contributed by atoms with Gasteiger partial charge in [-0.2, -0.15) is 0 Å². The summed E-state index contributed by atoms with van der Waals surface area (Å²) in [4.78, 5) is 0. The van der Waals surface area contributed by atoms with Crippen molar-refractivity contribution in [1.29, 1.82) is 0 Å². The first-order chi connectivity index (χ1) is 13.9. The molecule has 2 heterocycles. The minimum absolute atomic E-state index is 0.674. The molecule has 1 aliphatic rings. The molecular formula is C26H26N2. The molecule has 1 fully saturated rings. The van der Waals surface area contributed by atoms with Crippen LogP contribution < -0.4 is 5.32 Å². The zero-order chi connectivity index (χ0) is 18.8. The number of piperidine rings is 1. The van der Waals surface area contributed by atoms with Crippen LogP contribution >= 0.6 is 0 Å². The second-order valence-electron chi connectivity index (χ2n) is 7.82. The average Bonchev–Trinajstić information content (AvgIpc) is 3.14. The quantitative estimate of drug-likeness (QED) is 0.481. The summed E-state index contributed by atoms with van der Waals surface area (Å²) >= 11 is 0. The number of nitrogens with zero attached hydrogens (tertiary/aromatic N) is 1. The van der Waals surface area contributed by atoms with Gasteiger partial charge in [-0.25, -0.2) is 0 Å². The Morgan fingerprint density at radius 2 is 1.43 bits per heavy atom. The zero-order valence-corrected chi connectivity index (χ0v) is 16.1. The lowest BCUT2D eigenvalue weighted by Crippen LogP contribution is -2.26. The lowest BCUT2D eigenvalue weighted by atomic mass is 9.90. The summed E-state index contributed by atoms with van der Waals surface area (Å²) < 4.78 is 2.43. The fraction of sp³-hybridized carbons (Fsp3) is 0.231. The zero-order valence-electron chi connectivity index (χ0n) is 16.1. The molecule has 2 heteroatoms. The van der Waals surface area contributed by atoms with Gasteiger partial charge in [0, 0.05) is 23.6 Å². The van der Waals surface area contributed by atoms with Gasteiger partial charge in [0.15, 0.2) is 0 Å². The molecule has 3 aromatic carbocycles. The van der Waals surface area contributed by atoms with Gasteiger partial charge in [0.2, 0.25) is 0 Å². The van der Waals surface area contributed by atoms with Gasteiger partial charge in [0.1, 0.15) is 0 Å². The Morgan fingerprint density at radius 1 is 0.750 bits per heavy atom. The SMILES string of the molecule is c1ccc(-c2ccc(Cn3cc(C4CCNCC4)c4ccccc43)cc2)cc1. The highest BCUT2D eigenvalue weighted by molar-refractivity contribution is 5.84. The maximum absolute atomic E-state index is 3.49. The van der Waals surface area contributed by atoms with Crippen molar-refractivity contribution in [1.82, 2.24) is 9.88 Å². The van der Waals surface area contributed by atoms with Crippen LogP contribution in [0.2, 0.25) is 0 Å². The van der Waals surface area contributed by atoms with E-state index < -0.39 is 0 Å². The number of para-hydroxylation sites is 1. The molecule has 1 aromatic heterocycles. The summed E-state index contributed by atoms with van der Waals surface area (Å²) in [5.41, 5.74) is 6.77. The van der Waals surface area contributed by atoms with E-state index in [0.29, 0.717) is 5.92 Å². The number of hydrogen-bond donors (Lipinski definition) is 1. The minimum atomic E-state index is 0.674. The van der Waals surface area contributed by atoms with E-state index in [4.69, 9.17) is 0 Å². The normalized spacial score (nSPS) is 15.1. The highest BCUT2D eigenvalue weighted by Crippen LogP contribution is 2.33. The number of aromatic nitrogens is 1. The van der Waals surface area contributed by atoms with E-state index in [0.717, 1.165) is 19.6 Å². The van der Waals surface area contributed by atoms with Crippen molar-refractivity contribution in [2.45, 2.75) is 25.3 Å². The number of fused-ring (bicyclic) bond motifs is 1. The van der Waals surface area contributed by atoms with Crippen LogP contribution in [0.25, 0.3) is 22.0 Å². The molecule has 1 N–H and O–H groups in total. The van der Waals surface area contributed by atoms with E-state index in [1.807, 2.05) is 0 Å². The van der Waals surface area contributed by atoms with Crippen LogP contribution in [0, 0.1) is 0 Å². The third-order valence-electron chi connectivity index (χ3n) is 6.01. The number of hydrogen-bond acceptors (Lipinski definition) is 1. The van der Waals surface area contributed by atoms with Gasteiger partial charge in [0.05, 0.1) is 0 Å². The van der Waals surface area contributed by atoms with Gasteiger partial charge in [-0.05, 0) is 60.2 Å². The largest absolute Gasteiger partial charge is 0.343 e. The second-order valence-corrected chi connectivity index (χ2v) is 7.82. The van der Waals surface area contributed by atoms with E-state index >= 15 is 0 Å². The summed E-state index contributed by atoms with van der Waals surface area (Å²) in [6, 6.07) is 28.5. The maximum Gasteiger partial charge on any atom is 0.0486 e. The molecule has 2 nitrogen and oxygen atoms in total. The molecule has 0 aliphatic carbocycles. The van der Waals surface area contributed by atoms with Crippen LogP contribution in [0.3, 0.4) is 0 Å². The fourth-order valence-corrected chi connectivity index (χ4v) is 4.49. The lowest BCUT2D eigenvalue weighted by molar-refractivity contribution is 0.461. The predicted octanol–water partition coefficient (Wildman–Crippen LogP) is 5.82. The van der Waals surface area contributed by atoms with E-state index in [1.54, 1.807) is 0 Å². The monoisotopic (exact) mass is 366 g/mol. The van der Waals surface area contributed by atoms with Crippen molar-refractivity contribution in [2.24, 2.45) is 0 Å². The average molecular weight is 367 g/mol. The Kier molecular flexibility index (Phi) is 4.72. The molecule has 0 unspecified atom stereocenters. The number of benzene rings is 3. The first-order valence-corrected chi connectivity index (χ1v) is 10.3. The Labute approximate surface area is 166 Å². The summed E-state index contributed by atoms with van der Waals surface area (Å²) in [6.07, 6.45) is 4.88. The van der Waals surface area contributed by atoms with Gasteiger partial charge in [-0.15, -0.1) is 0 Å². The molecule has 0 spiro atoms. The molecule has 0 saturated carbocycles.